The van der Waals surface area contributed by atoms with Gasteiger partial charge in [-0.25, -0.2) is 0 Å². The highest BCUT2D eigenvalue weighted by atomic mass is 16.3. The Labute approximate surface area is 56.7 Å². The van der Waals surface area contributed by atoms with Crippen molar-refractivity contribution in [2.24, 2.45) is 0 Å². The molecule has 0 aromatic heterocycles. The second-order valence-corrected chi connectivity index (χ2v) is 2.32. The molecule has 0 aliphatic rings. The van der Waals surface area contributed by atoms with Gasteiger partial charge in [0, 0.05) is 0 Å². The average molecular weight is 126 g/mol. The normalized spacial score (nSPS) is 12.3. The largest absolute Gasteiger partial charge is 0.389 e. The first-order valence-corrected chi connectivity index (χ1v) is 3.10. The Morgan fingerprint density at radius 3 is 2.56 bits per heavy atom. The molecule has 0 unspecified atom stereocenters. The molecule has 0 saturated heterocycles. The monoisotopic (exact) mass is 126 g/mol. The third-order valence-corrected chi connectivity index (χ3v) is 1.04. The Morgan fingerprint density at radius 1 is 1.67 bits per heavy atom. The van der Waals surface area contributed by atoms with Crippen LogP contribution < -0.4 is 0 Å². The minimum absolute atomic E-state index is 0.375. The third kappa shape index (κ3) is 5.31. The van der Waals surface area contributed by atoms with Crippen molar-refractivity contribution < 1.29 is 5.11 Å². The van der Waals surface area contributed by atoms with E-state index in [0.717, 1.165) is 0 Å². The lowest BCUT2D eigenvalue weighted by molar-refractivity contribution is 0.227. The quantitative estimate of drug-likeness (QED) is 0.572. The number of aliphatic hydroxyl groups excluding tert-OH is 1. The van der Waals surface area contributed by atoms with Crippen LogP contribution in [0.5, 0.6) is 0 Å². The third-order valence-electron chi connectivity index (χ3n) is 1.04. The van der Waals surface area contributed by atoms with E-state index >= 15 is 0 Å². The van der Waals surface area contributed by atoms with Gasteiger partial charge in [-0.05, 0) is 20.3 Å². The molecule has 0 fully saturated rings. The van der Waals surface area contributed by atoms with Gasteiger partial charge in [0.1, 0.15) is 0 Å². The molecule has 0 heterocycles. The molecular weight excluding hydrogens is 112 g/mol. The zero-order chi connectivity index (χ0) is 7.28. The maximum Gasteiger partial charge on any atom is 0.0752 e. The standard InChI is InChI=1S/C8H14O/c1-4-8(9)6-5-7(2)3/h4-5,8-9H,1,6H2,2-3H3/t8-/m1/s1. The van der Waals surface area contributed by atoms with Gasteiger partial charge in [0.25, 0.3) is 0 Å². The molecule has 0 radical (unpaired) electrons. The van der Waals surface area contributed by atoms with Gasteiger partial charge in [-0.1, -0.05) is 17.7 Å². The molecular formula is C8H14O. The van der Waals surface area contributed by atoms with Crippen molar-refractivity contribution in [2.75, 3.05) is 0 Å². The first-order valence-electron chi connectivity index (χ1n) is 3.10. The van der Waals surface area contributed by atoms with Crippen LogP contribution in [0.25, 0.3) is 0 Å². The highest BCUT2D eigenvalue weighted by molar-refractivity contribution is 4.96. The van der Waals surface area contributed by atoms with E-state index in [1.54, 1.807) is 6.08 Å². The molecule has 0 aliphatic carbocycles. The summed E-state index contributed by atoms with van der Waals surface area (Å²) in [7, 11) is 0. The van der Waals surface area contributed by atoms with Gasteiger partial charge >= 0.3 is 0 Å². The molecule has 0 aliphatic heterocycles. The van der Waals surface area contributed by atoms with Crippen molar-refractivity contribution in [3.63, 3.8) is 0 Å². The number of allylic oxidation sites excluding steroid dienone is 1. The molecule has 0 rings (SSSR count). The molecule has 0 spiro atoms. The molecule has 0 bridgehead atoms. The maximum atomic E-state index is 8.94. The van der Waals surface area contributed by atoms with E-state index in [1.165, 1.54) is 5.57 Å². The van der Waals surface area contributed by atoms with Crippen LogP contribution in [0.3, 0.4) is 0 Å². The van der Waals surface area contributed by atoms with Crippen LogP contribution in [-0.2, 0) is 0 Å². The number of hydrogen-bond donors (Lipinski definition) is 1. The van der Waals surface area contributed by atoms with Crippen LogP contribution in [-0.4, -0.2) is 11.2 Å². The summed E-state index contributed by atoms with van der Waals surface area (Å²) < 4.78 is 0. The number of hydrogen-bond acceptors (Lipinski definition) is 1. The molecule has 0 aromatic rings. The van der Waals surface area contributed by atoms with Crippen LogP contribution in [0, 0.1) is 0 Å². The van der Waals surface area contributed by atoms with Crippen molar-refractivity contribution in [2.45, 2.75) is 26.4 Å². The van der Waals surface area contributed by atoms with E-state index in [1.807, 2.05) is 19.9 Å². The second-order valence-electron chi connectivity index (χ2n) is 2.32. The summed E-state index contributed by atoms with van der Waals surface area (Å²) >= 11 is 0. The zero-order valence-electron chi connectivity index (χ0n) is 6.09. The lowest BCUT2D eigenvalue weighted by Gasteiger charge is -1.98. The first kappa shape index (κ1) is 8.44. The summed E-state index contributed by atoms with van der Waals surface area (Å²) in [5, 5.41) is 8.94. The molecule has 52 valence electrons. The van der Waals surface area contributed by atoms with E-state index in [-0.39, 0.29) is 6.10 Å². The molecule has 9 heavy (non-hydrogen) atoms. The molecule has 1 N–H and O–H groups in total. The van der Waals surface area contributed by atoms with E-state index in [4.69, 9.17) is 5.11 Å². The van der Waals surface area contributed by atoms with Gasteiger partial charge in [0.15, 0.2) is 0 Å². The molecule has 0 amide bonds. The van der Waals surface area contributed by atoms with Crippen LogP contribution in [0.15, 0.2) is 24.3 Å². The summed E-state index contributed by atoms with van der Waals surface area (Å²) in [5.74, 6) is 0. The van der Waals surface area contributed by atoms with Gasteiger partial charge in [0.05, 0.1) is 6.10 Å². The Bertz CT molecular complexity index is 110. The van der Waals surface area contributed by atoms with Crippen LogP contribution >= 0.6 is 0 Å². The predicted octanol–water partition coefficient (Wildman–Crippen LogP) is 1.89. The van der Waals surface area contributed by atoms with E-state index in [2.05, 4.69) is 6.58 Å². The van der Waals surface area contributed by atoms with E-state index in [9.17, 15) is 0 Å². The average Bonchev–Trinajstić information content (AvgIpc) is 1.83. The van der Waals surface area contributed by atoms with E-state index < -0.39 is 0 Å². The minimum Gasteiger partial charge on any atom is -0.389 e. The van der Waals surface area contributed by atoms with Gasteiger partial charge in [0.2, 0.25) is 0 Å². The molecule has 0 aromatic carbocycles. The van der Waals surface area contributed by atoms with Gasteiger partial charge in [-0.2, -0.15) is 0 Å². The van der Waals surface area contributed by atoms with Crippen molar-refractivity contribution >= 4 is 0 Å². The van der Waals surface area contributed by atoms with Gasteiger partial charge in [-0.15, -0.1) is 6.58 Å². The van der Waals surface area contributed by atoms with Crippen molar-refractivity contribution in [1.29, 1.82) is 0 Å². The highest BCUT2D eigenvalue weighted by Crippen LogP contribution is 1.97. The fourth-order valence-electron chi connectivity index (χ4n) is 0.453. The number of rotatable bonds is 3. The predicted molar refractivity (Wildman–Crippen MR) is 40.3 cm³/mol. The van der Waals surface area contributed by atoms with Crippen molar-refractivity contribution in [1.82, 2.24) is 0 Å². The summed E-state index contributed by atoms with van der Waals surface area (Å²) in [6, 6.07) is 0. The highest BCUT2D eigenvalue weighted by Gasteiger charge is 1.91. The van der Waals surface area contributed by atoms with Crippen LogP contribution in [0.1, 0.15) is 20.3 Å². The Hall–Kier alpha value is -0.560. The lowest BCUT2D eigenvalue weighted by Crippen LogP contribution is -1.98. The summed E-state index contributed by atoms with van der Waals surface area (Å²) in [4.78, 5) is 0. The fraction of sp³-hybridized carbons (Fsp3) is 0.500. The molecule has 0 saturated carbocycles. The van der Waals surface area contributed by atoms with Crippen LogP contribution in [0.4, 0.5) is 0 Å². The Kier molecular flexibility index (Phi) is 4.06. The van der Waals surface area contributed by atoms with Gasteiger partial charge < -0.3 is 5.11 Å². The van der Waals surface area contributed by atoms with Crippen LogP contribution in [0.2, 0.25) is 0 Å². The van der Waals surface area contributed by atoms with E-state index in [0.29, 0.717) is 6.42 Å². The smallest absolute Gasteiger partial charge is 0.0752 e. The maximum absolute atomic E-state index is 8.94. The van der Waals surface area contributed by atoms with Crippen molar-refractivity contribution in [3.05, 3.63) is 24.3 Å². The second kappa shape index (κ2) is 4.33. The van der Waals surface area contributed by atoms with Crippen molar-refractivity contribution in [3.8, 4) is 0 Å². The molecule has 1 heteroatoms. The summed E-state index contributed by atoms with van der Waals surface area (Å²) in [6.45, 7) is 7.48. The SMILES string of the molecule is C=C[C@@H](O)CC=C(C)C. The zero-order valence-corrected chi connectivity index (χ0v) is 6.09. The Balaban J connectivity index is 3.49. The Morgan fingerprint density at radius 2 is 2.22 bits per heavy atom. The number of aliphatic hydroxyl groups is 1. The van der Waals surface area contributed by atoms with Gasteiger partial charge in [-0.3, -0.25) is 0 Å². The summed E-state index contributed by atoms with van der Waals surface area (Å²) in [6.07, 6.45) is 3.84. The molecule has 1 atom stereocenters. The first-order chi connectivity index (χ1) is 4.16. The topological polar surface area (TPSA) is 20.2 Å². The molecule has 1 nitrogen and oxygen atoms in total. The summed E-state index contributed by atoms with van der Waals surface area (Å²) in [5.41, 5.74) is 1.23. The minimum atomic E-state index is -0.375. The fourth-order valence-corrected chi connectivity index (χ4v) is 0.453. The lowest BCUT2D eigenvalue weighted by atomic mass is 10.2.